The lowest BCUT2D eigenvalue weighted by Gasteiger charge is -2.32. The van der Waals surface area contributed by atoms with Gasteiger partial charge in [0, 0.05) is 33.9 Å². The molecule has 2 aliphatic rings. The number of amides is 1. The number of nitrogens with one attached hydrogen (secondary N) is 1. The zero-order chi connectivity index (χ0) is 12.3. The van der Waals surface area contributed by atoms with Gasteiger partial charge in [-0.05, 0) is 19.3 Å². The molecule has 0 radical (unpaired) electrons. The van der Waals surface area contributed by atoms with Gasteiger partial charge in [-0.1, -0.05) is 0 Å². The van der Waals surface area contributed by atoms with Gasteiger partial charge in [0.15, 0.2) is 0 Å². The van der Waals surface area contributed by atoms with E-state index in [4.69, 9.17) is 9.47 Å². The van der Waals surface area contributed by atoms with Crippen molar-refractivity contribution >= 4 is 5.91 Å². The molecule has 0 aromatic rings. The fourth-order valence-corrected chi connectivity index (χ4v) is 2.60. The molecule has 98 valence electrons. The number of carbonyl (C=O) groups is 1. The van der Waals surface area contributed by atoms with E-state index in [2.05, 4.69) is 5.32 Å². The number of rotatable bonds is 3. The van der Waals surface area contributed by atoms with E-state index in [1.54, 1.807) is 14.2 Å². The predicted molar refractivity (Wildman–Crippen MR) is 63.8 cm³/mol. The summed E-state index contributed by atoms with van der Waals surface area (Å²) in [5, 5.41) is 3.23. The molecule has 0 aromatic carbocycles. The normalized spacial score (nSPS) is 30.8. The number of likely N-dealkylation sites (tertiary alicyclic amines) is 1. The highest BCUT2D eigenvalue weighted by atomic mass is 16.5. The van der Waals surface area contributed by atoms with Crippen molar-refractivity contribution in [2.45, 2.75) is 37.5 Å². The Morgan fingerprint density at radius 1 is 1.18 bits per heavy atom. The predicted octanol–water partition coefficient (Wildman–Crippen LogP) is 0.000700. The maximum Gasteiger partial charge on any atom is 0.239 e. The molecule has 5 heteroatoms. The summed E-state index contributed by atoms with van der Waals surface area (Å²) in [6, 6.07) is -0.0564. The lowest BCUT2D eigenvalue weighted by atomic mass is 10.1. The average Bonchev–Trinajstić information content (AvgIpc) is 2.87. The Bertz CT molecular complexity index is 264. The fraction of sp³-hybridized carbons (Fsp3) is 0.917. The molecule has 0 aromatic heterocycles. The maximum atomic E-state index is 12.2. The van der Waals surface area contributed by atoms with Gasteiger partial charge in [-0.3, -0.25) is 4.79 Å². The third kappa shape index (κ3) is 2.97. The standard InChI is InChI=1S/C12H22N2O3/c1-16-9-3-5-14(6-4-9)12(15)11-7-10(17-2)8-13-11/h9-11,13H,3-8H2,1-2H3. The first-order valence-corrected chi connectivity index (χ1v) is 6.32. The summed E-state index contributed by atoms with van der Waals surface area (Å²) < 4.78 is 10.6. The molecular weight excluding hydrogens is 220 g/mol. The molecule has 2 heterocycles. The number of methoxy groups -OCH3 is 2. The van der Waals surface area contributed by atoms with E-state index in [-0.39, 0.29) is 18.1 Å². The molecule has 5 nitrogen and oxygen atoms in total. The van der Waals surface area contributed by atoms with Crippen LogP contribution in [0.4, 0.5) is 0 Å². The minimum Gasteiger partial charge on any atom is -0.381 e. The number of nitrogens with zero attached hydrogens (tertiary/aromatic N) is 1. The van der Waals surface area contributed by atoms with Crippen LogP contribution in [0.25, 0.3) is 0 Å². The van der Waals surface area contributed by atoms with Crippen LogP contribution >= 0.6 is 0 Å². The summed E-state index contributed by atoms with van der Waals surface area (Å²) >= 11 is 0. The Balaban J connectivity index is 1.81. The topological polar surface area (TPSA) is 50.8 Å². The van der Waals surface area contributed by atoms with E-state index < -0.39 is 0 Å². The van der Waals surface area contributed by atoms with Crippen LogP contribution in [0.1, 0.15) is 19.3 Å². The highest BCUT2D eigenvalue weighted by Gasteiger charge is 2.33. The van der Waals surface area contributed by atoms with E-state index in [1.165, 1.54) is 0 Å². The Kier molecular flexibility index (Phi) is 4.36. The molecule has 2 unspecified atom stereocenters. The molecule has 1 N–H and O–H groups in total. The molecule has 2 atom stereocenters. The lowest BCUT2D eigenvalue weighted by Crippen LogP contribution is -2.48. The average molecular weight is 242 g/mol. The molecule has 2 rings (SSSR count). The van der Waals surface area contributed by atoms with E-state index in [9.17, 15) is 4.79 Å². The van der Waals surface area contributed by atoms with Crippen molar-refractivity contribution in [3.63, 3.8) is 0 Å². The van der Waals surface area contributed by atoms with Gasteiger partial charge >= 0.3 is 0 Å². The summed E-state index contributed by atoms with van der Waals surface area (Å²) in [6.45, 7) is 2.40. The first-order valence-electron chi connectivity index (χ1n) is 6.32. The van der Waals surface area contributed by atoms with Crippen LogP contribution in [0.2, 0.25) is 0 Å². The number of hydrogen-bond acceptors (Lipinski definition) is 4. The highest BCUT2D eigenvalue weighted by Crippen LogP contribution is 2.17. The van der Waals surface area contributed by atoms with Crippen LogP contribution in [0.15, 0.2) is 0 Å². The number of hydrogen-bond donors (Lipinski definition) is 1. The monoisotopic (exact) mass is 242 g/mol. The summed E-state index contributed by atoms with van der Waals surface area (Å²) in [4.78, 5) is 14.2. The molecule has 0 spiro atoms. The zero-order valence-corrected chi connectivity index (χ0v) is 10.6. The van der Waals surface area contributed by atoms with Crippen LogP contribution in [0.5, 0.6) is 0 Å². The van der Waals surface area contributed by atoms with Crippen molar-refractivity contribution in [1.82, 2.24) is 10.2 Å². The summed E-state index contributed by atoms with van der Waals surface area (Å²) in [7, 11) is 3.44. The molecular formula is C12H22N2O3. The SMILES string of the molecule is COC1CCN(C(=O)C2CC(OC)CN2)CC1. The third-order valence-corrected chi connectivity index (χ3v) is 3.81. The molecule has 2 saturated heterocycles. The Morgan fingerprint density at radius 2 is 1.82 bits per heavy atom. The second-order valence-electron chi connectivity index (χ2n) is 4.81. The van der Waals surface area contributed by atoms with E-state index in [1.807, 2.05) is 4.90 Å². The van der Waals surface area contributed by atoms with Crippen molar-refractivity contribution in [1.29, 1.82) is 0 Å². The van der Waals surface area contributed by atoms with E-state index in [0.29, 0.717) is 6.10 Å². The first-order chi connectivity index (χ1) is 8.24. The van der Waals surface area contributed by atoms with Crippen LogP contribution in [0, 0.1) is 0 Å². The van der Waals surface area contributed by atoms with Gasteiger partial charge in [-0.15, -0.1) is 0 Å². The summed E-state index contributed by atoms with van der Waals surface area (Å²) in [5.74, 6) is 0.221. The van der Waals surface area contributed by atoms with Gasteiger partial charge in [0.05, 0.1) is 18.2 Å². The van der Waals surface area contributed by atoms with E-state index >= 15 is 0 Å². The molecule has 17 heavy (non-hydrogen) atoms. The highest BCUT2D eigenvalue weighted by molar-refractivity contribution is 5.82. The van der Waals surface area contributed by atoms with Crippen molar-refractivity contribution in [2.75, 3.05) is 33.9 Å². The van der Waals surface area contributed by atoms with Crippen molar-refractivity contribution in [3.8, 4) is 0 Å². The van der Waals surface area contributed by atoms with Gasteiger partial charge < -0.3 is 19.7 Å². The van der Waals surface area contributed by atoms with Crippen LogP contribution in [-0.2, 0) is 14.3 Å². The molecule has 0 saturated carbocycles. The summed E-state index contributed by atoms with van der Waals surface area (Å²) in [6.07, 6.45) is 3.19. The van der Waals surface area contributed by atoms with Crippen LogP contribution in [-0.4, -0.2) is 62.9 Å². The van der Waals surface area contributed by atoms with E-state index in [0.717, 1.165) is 38.9 Å². The van der Waals surface area contributed by atoms with Gasteiger partial charge in [0.25, 0.3) is 0 Å². The Labute approximate surface area is 102 Å². The first kappa shape index (κ1) is 12.8. The van der Waals surface area contributed by atoms with Crippen LogP contribution < -0.4 is 5.32 Å². The molecule has 2 aliphatic heterocycles. The van der Waals surface area contributed by atoms with Crippen molar-refractivity contribution < 1.29 is 14.3 Å². The second kappa shape index (κ2) is 5.80. The number of carbonyl (C=O) groups excluding carboxylic acids is 1. The minimum atomic E-state index is -0.0564. The van der Waals surface area contributed by atoms with Gasteiger partial charge in [-0.25, -0.2) is 0 Å². The fourth-order valence-electron chi connectivity index (χ4n) is 2.60. The second-order valence-corrected chi connectivity index (χ2v) is 4.81. The zero-order valence-electron chi connectivity index (χ0n) is 10.6. The summed E-state index contributed by atoms with van der Waals surface area (Å²) in [5.41, 5.74) is 0. The molecule has 1 amide bonds. The Hall–Kier alpha value is -0.650. The number of piperidine rings is 1. The van der Waals surface area contributed by atoms with Crippen molar-refractivity contribution in [3.05, 3.63) is 0 Å². The molecule has 0 aliphatic carbocycles. The van der Waals surface area contributed by atoms with Gasteiger partial charge in [-0.2, -0.15) is 0 Å². The minimum absolute atomic E-state index is 0.0564. The van der Waals surface area contributed by atoms with Gasteiger partial charge in [0.2, 0.25) is 5.91 Å². The molecule has 0 bridgehead atoms. The number of ether oxygens (including phenoxy) is 2. The molecule has 2 fully saturated rings. The quantitative estimate of drug-likeness (QED) is 0.757. The Morgan fingerprint density at radius 3 is 2.35 bits per heavy atom. The largest absolute Gasteiger partial charge is 0.381 e. The van der Waals surface area contributed by atoms with Crippen molar-refractivity contribution in [2.24, 2.45) is 0 Å². The third-order valence-electron chi connectivity index (χ3n) is 3.81. The smallest absolute Gasteiger partial charge is 0.239 e. The lowest BCUT2D eigenvalue weighted by molar-refractivity contribution is -0.135. The maximum absolute atomic E-state index is 12.2. The van der Waals surface area contributed by atoms with Crippen LogP contribution in [0.3, 0.4) is 0 Å². The van der Waals surface area contributed by atoms with Gasteiger partial charge in [0.1, 0.15) is 0 Å².